The monoisotopic (exact) mass is 230 g/mol. The summed E-state index contributed by atoms with van der Waals surface area (Å²) in [5, 5.41) is 3.84. The van der Waals surface area contributed by atoms with Crippen LogP contribution in [0.4, 0.5) is 5.69 Å². The Hall–Kier alpha value is -1.02. The number of hydrogen-bond donors (Lipinski definition) is 2. The lowest BCUT2D eigenvalue weighted by Crippen LogP contribution is -2.29. The number of hydrogen-bond acceptors (Lipinski definition) is 2. The Morgan fingerprint density at radius 1 is 1.24 bits per heavy atom. The number of aryl methyl sites for hydroxylation is 1. The summed E-state index contributed by atoms with van der Waals surface area (Å²) in [5.74, 6) is 0.903. The topological polar surface area (TPSA) is 38.0 Å². The molecule has 0 spiro atoms. The van der Waals surface area contributed by atoms with Crippen LogP contribution < -0.4 is 11.1 Å². The molecule has 3 rings (SSSR count). The van der Waals surface area contributed by atoms with Crippen LogP contribution in [0.15, 0.2) is 18.2 Å². The Kier molecular flexibility index (Phi) is 2.83. The average molecular weight is 230 g/mol. The highest BCUT2D eigenvalue weighted by atomic mass is 15.0. The van der Waals surface area contributed by atoms with Gasteiger partial charge in [0.1, 0.15) is 0 Å². The van der Waals surface area contributed by atoms with E-state index in [1.807, 2.05) is 6.07 Å². The maximum Gasteiger partial charge on any atom is 0.0328 e. The molecule has 2 aliphatic rings. The van der Waals surface area contributed by atoms with Crippen LogP contribution in [0, 0.1) is 5.92 Å². The van der Waals surface area contributed by atoms with Gasteiger partial charge in [0.05, 0.1) is 0 Å². The first kappa shape index (κ1) is 11.1. The molecule has 17 heavy (non-hydrogen) atoms. The molecule has 3 N–H and O–H groups in total. The predicted octanol–water partition coefficient (Wildman–Crippen LogP) is 3.03. The van der Waals surface area contributed by atoms with Crippen LogP contribution >= 0.6 is 0 Å². The standard InChI is InChI=1S/C15H22N2/c1-10-2-5-13(8-10)17-15-7-3-11-9-12(16)4-6-14(11)15/h4,6,9-10,13,15,17H,2-3,5,7-8,16H2,1H3. The van der Waals surface area contributed by atoms with Crippen molar-refractivity contribution in [3.63, 3.8) is 0 Å². The van der Waals surface area contributed by atoms with Gasteiger partial charge in [0, 0.05) is 17.8 Å². The molecular weight excluding hydrogens is 208 g/mol. The van der Waals surface area contributed by atoms with Gasteiger partial charge in [-0.25, -0.2) is 0 Å². The summed E-state index contributed by atoms with van der Waals surface area (Å²) in [6.07, 6.45) is 6.51. The Morgan fingerprint density at radius 3 is 2.88 bits per heavy atom. The predicted molar refractivity (Wildman–Crippen MR) is 71.9 cm³/mol. The lowest BCUT2D eigenvalue weighted by atomic mass is 10.1. The third kappa shape index (κ3) is 2.19. The zero-order chi connectivity index (χ0) is 11.8. The molecular formula is C15H22N2. The van der Waals surface area contributed by atoms with Crippen LogP contribution in [-0.4, -0.2) is 6.04 Å². The zero-order valence-corrected chi connectivity index (χ0v) is 10.6. The van der Waals surface area contributed by atoms with Crippen molar-refractivity contribution >= 4 is 5.69 Å². The van der Waals surface area contributed by atoms with Gasteiger partial charge in [0.15, 0.2) is 0 Å². The molecule has 2 nitrogen and oxygen atoms in total. The third-order valence-corrected chi connectivity index (χ3v) is 4.38. The molecule has 0 heterocycles. The second-order valence-electron chi connectivity index (χ2n) is 5.83. The van der Waals surface area contributed by atoms with Crippen LogP contribution in [-0.2, 0) is 6.42 Å². The highest BCUT2D eigenvalue weighted by Gasteiger charge is 2.28. The molecule has 2 heteroatoms. The van der Waals surface area contributed by atoms with Crippen LogP contribution in [0.25, 0.3) is 0 Å². The Balaban J connectivity index is 1.71. The van der Waals surface area contributed by atoms with Crippen LogP contribution in [0.5, 0.6) is 0 Å². The molecule has 0 amide bonds. The first-order valence-corrected chi connectivity index (χ1v) is 6.86. The average Bonchev–Trinajstić information content (AvgIpc) is 2.86. The van der Waals surface area contributed by atoms with E-state index in [9.17, 15) is 0 Å². The summed E-state index contributed by atoms with van der Waals surface area (Å²) in [6, 6.07) is 7.71. The summed E-state index contributed by atoms with van der Waals surface area (Å²) in [4.78, 5) is 0. The van der Waals surface area contributed by atoms with Gasteiger partial charge in [-0.15, -0.1) is 0 Å². The quantitative estimate of drug-likeness (QED) is 0.766. The minimum atomic E-state index is 0.570. The zero-order valence-electron chi connectivity index (χ0n) is 10.6. The van der Waals surface area contributed by atoms with Gasteiger partial charge in [-0.1, -0.05) is 13.0 Å². The molecule has 0 aliphatic heterocycles. The van der Waals surface area contributed by atoms with Crippen molar-refractivity contribution in [2.24, 2.45) is 5.92 Å². The van der Waals surface area contributed by atoms with Gasteiger partial charge in [-0.05, 0) is 61.3 Å². The summed E-state index contributed by atoms with van der Waals surface area (Å²) >= 11 is 0. The van der Waals surface area contributed by atoms with Gasteiger partial charge in [0.25, 0.3) is 0 Å². The fourth-order valence-corrected chi connectivity index (χ4v) is 3.45. The van der Waals surface area contributed by atoms with E-state index in [1.54, 1.807) is 0 Å². The van der Waals surface area contributed by atoms with Crippen molar-refractivity contribution in [1.29, 1.82) is 0 Å². The lowest BCUT2D eigenvalue weighted by molar-refractivity contribution is 0.428. The molecule has 2 aliphatic carbocycles. The van der Waals surface area contributed by atoms with Crippen molar-refractivity contribution in [3.05, 3.63) is 29.3 Å². The molecule has 0 radical (unpaired) electrons. The second-order valence-corrected chi connectivity index (χ2v) is 5.83. The molecule has 3 atom stereocenters. The fraction of sp³-hybridized carbons (Fsp3) is 0.600. The summed E-state index contributed by atoms with van der Waals surface area (Å²) in [7, 11) is 0. The molecule has 1 aromatic carbocycles. The maximum absolute atomic E-state index is 5.84. The van der Waals surface area contributed by atoms with E-state index in [0.717, 1.165) is 17.6 Å². The molecule has 92 valence electrons. The van der Waals surface area contributed by atoms with Gasteiger partial charge >= 0.3 is 0 Å². The Bertz CT molecular complexity index is 413. The Labute approximate surface area is 104 Å². The number of nitrogens with one attached hydrogen (secondary N) is 1. The van der Waals surface area contributed by atoms with Crippen LogP contribution in [0.3, 0.4) is 0 Å². The second kappa shape index (κ2) is 4.34. The molecule has 3 unspecified atom stereocenters. The largest absolute Gasteiger partial charge is 0.399 e. The van der Waals surface area contributed by atoms with Gasteiger partial charge in [0.2, 0.25) is 0 Å². The fourth-order valence-electron chi connectivity index (χ4n) is 3.45. The van der Waals surface area contributed by atoms with E-state index >= 15 is 0 Å². The highest BCUT2D eigenvalue weighted by Crippen LogP contribution is 2.35. The Morgan fingerprint density at radius 2 is 2.12 bits per heavy atom. The van der Waals surface area contributed by atoms with Crippen LogP contribution in [0.1, 0.15) is 49.8 Å². The van der Waals surface area contributed by atoms with E-state index < -0.39 is 0 Å². The summed E-state index contributed by atoms with van der Waals surface area (Å²) in [6.45, 7) is 2.37. The molecule has 1 fully saturated rings. The number of nitrogen functional groups attached to an aromatic ring is 1. The van der Waals surface area contributed by atoms with Crippen molar-refractivity contribution < 1.29 is 0 Å². The van der Waals surface area contributed by atoms with Gasteiger partial charge in [-0.2, -0.15) is 0 Å². The van der Waals surface area contributed by atoms with E-state index in [4.69, 9.17) is 5.73 Å². The number of benzene rings is 1. The maximum atomic E-state index is 5.84. The first-order chi connectivity index (χ1) is 8.22. The van der Waals surface area contributed by atoms with Crippen molar-refractivity contribution in [1.82, 2.24) is 5.32 Å². The van der Waals surface area contributed by atoms with Crippen LogP contribution in [0.2, 0.25) is 0 Å². The number of fused-ring (bicyclic) bond motifs is 1. The van der Waals surface area contributed by atoms with Gasteiger partial charge < -0.3 is 11.1 Å². The van der Waals surface area contributed by atoms with Crippen molar-refractivity contribution in [2.45, 2.75) is 51.1 Å². The van der Waals surface area contributed by atoms with Crippen molar-refractivity contribution in [2.75, 3.05) is 5.73 Å². The molecule has 0 bridgehead atoms. The molecule has 1 saturated carbocycles. The lowest BCUT2D eigenvalue weighted by Gasteiger charge is -2.20. The first-order valence-electron chi connectivity index (χ1n) is 6.86. The molecule has 0 saturated heterocycles. The highest BCUT2D eigenvalue weighted by molar-refractivity contribution is 5.47. The van der Waals surface area contributed by atoms with Crippen molar-refractivity contribution in [3.8, 4) is 0 Å². The SMILES string of the molecule is CC1CCC(NC2CCc3cc(N)ccc32)C1. The number of nitrogens with two attached hydrogens (primary N) is 1. The van der Waals surface area contributed by atoms with E-state index in [-0.39, 0.29) is 0 Å². The smallest absolute Gasteiger partial charge is 0.0328 e. The molecule has 1 aromatic rings. The minimum Gasteiger partial charge on any atom is -0.399 e. The minimum absolute atomic E-state index is 0.570. The number of anilines is 1. The molecule has 0 aromatic heterocycles. The van der Waals surface area contributed by atoms with E-state index in [1.165, 1.54) is 43.2 Å². The summed E-state index contributed by atoms with van der Waals surface area (Å²) < 4.78 is 0. The number of rotatable bonds is 2. The van der Waals surface area contributed by atoms with E-state index in [0.29, 0.717) is 6.04 Å². The normalized spacial score (nSPS) is 31.7. The van der Waals surface area contributed by atoms with E-state index in [2.05, 4.69) is 24.4 Å². The third-order valence-electron chi connectivity index (χ3n) is 4.38. The summed E-state index contributed by atoms with van der Waals surface area (Å²) in [5.41, 5.74) is 9.68. The van der Waals surface area contributed by atoms with Gasteiger partial charge in [-0.3, -0.25) is 0 Å².